The molecule has 1 unspecified atom stereocenters. The lowest BCUT2D eigenvalue weighted by Gasteiger charge is -2.18. The zero-order valence-electron chi connectivity index (χ0n) is 17.2. The Morgan fingerprint density at radius 3 is 2.38 bits per heavy atom. The van der Waals surface area contributed by atoms with Crippen LogP contribution in [0.5, 0.6) is 5.75 Å². The van der Waals surface area contributed by atoms with Gasteiger partial charge in [0, 0.05) is 30.7 Å². The molecule has 0 aliphatic rings. The molecule has 156 valence electrons. The van der Waals surface area contributed by atoms with E-state index in [0.29, 0.717) is 18.9 Å². The summed E-state index contributed by atoms with van der Waals surface area (Å²) in [6.45, 7) is 3.23. The highest BCUT2D eigenvalue weighted by Gasteiger charge is 2.19. The molecular formula is C22H29N3O3S. The lowest BCUT2D eigenvalue weighted by atomic mass is 10.2. The van der Waals surface area contributed by atoms with Gasteiger partial charge in [0.15, 0.2) is 0 Å². The average Bonchev–Trinajstić information content (AvgIpc) is 2.70. The first-order valence-electron chi connectivity index (χ1n) is 9.53. The van der Waals surface area contributed by atoms with Crippen molar-refractivity contribution in [3.8, 4) is 5.75 Å². The lowest BCUT2D eigenvalue weighted by Crippen LogP contribution is -2.48. The maximum atomic E-state index is 12.4. The van der Waals surface area contributed by atoms with Gasteiger partial charge in [0.1, 0.15) is 18.4 Å². The molecule has 2 aromatic carbocycles. The van der Waals surface area contributed by atoms with Gasteiger partial charge in [-0.2, -0.15) is 0 Å². The van der Waals surface area contributed by atoms with Gasteiger partial charge in [0.25, 0.3) is 0 Å². The monoisotopic (exact) mass is 415 g/mol. The second kappa shape index (κ2) is 12.1. The number of thioether (sulfide) groups is 1. The Morgan fingerprint density at radius 2 is 1.76 bits per heavy atom. The minimum atomic E-state index is -0.575. The van der Waals surface area contributed by atoms with E-state index in [0.717, 1.165) is 22.8 Å². The Bertz CT molecular complexity index is 767. The lowest BCUT2D eigenvalue weighted by molar-refractivity contribution is -0.127. The van der Waals surface area contributed by atoms with Gasteiger partial charge in [0.05, 0.1) is 0 Å². The first kappa shape index (κ1) is 22.8. The van der Waals surface area contributed by atoms with E-state index in [1.807, 2.05) is 73.6 Å². The SMILES string of the molecule is CC(=O)NC(CSc1ccc(OCc2ccccc2)cc1)C(=O)NCCN(C)C. The van der Waals surface area contributed by atoms with E-state index in [1.54, 1.807) is 0 Å². The third kappa shape index (κ3) is 9.02. The van der Waals surface area contributed by atoms with E-state index < -0.39 is 6.04 Å². The second-order valence-electron chi connectivity index (χ2n) is 6.90. The summed E-state index contributed by atoms with van der Waals surface area (Å²) < 4.78 is 5.79. The highest BCUT2D eigenvalue weighted by atomic mass is 32.2. The summed E-state index contributed by atoms with van der Waals surface area (Å²) in [7, 11) is 3.89. The van der Waals surface area contributed by atoms with E-state index in [1.165, 1.54) is 18.7 Å². The number of carbonyl (C=O) groups is 2. The van der Waals surface area contributed by atoms with Crippen molar-refractivity contribution in [1.29, 1.82) is 0 Å². The smallest absolute Gasteiger partial charge is 0.243 e. The molecule has 29 heavy (non-hydrogen) atoms. The Morgan fingerprint density at radius 1 is 1.07 bits per heavy atom. The van der Waals surface area contributed by atoms with Gasteiger partial charge in [-0.3, -0.25) is 9.59 Å². The highest BCUT2D eigenvalue weighted by Crippen LogP contribution is 2.22. The molecule has 0 saturated carbocycles. The molecule has 0 bridgehead atoms. The number of hydrogen-bond acceptors (Lipinski definition) is 5. The zero-order valence-corrected chi connectivity index (χ0v) is 18.0. The zero-order chi connectivity index (χ0) is 21.1. The quantitative estimate of drug-likeness (QED) is 0.552. The fourth-order valence-electron chi connectivity index (χ4n) is 2.51. The van der Waals surface area contributed by atoms with Gasteiger partial charge in [-0.05, 0) is 43.9 Å². The van der Waals surface area contributed by atoms with Crippen LogP contribution in [0.2, 0.25) is 0 Å². The molecule has 7 heteroatoms. The van der Waals surface area contributed by atoms with Crippen molar-refractivity contribution in [1.82, 2.24) is 15.5 Å². The third-order valence-electron chi connectivity index (χ3n) is 4.04. The summed E-state index contributed by atoms with van der Waals surface area (Å²) in [5.74, 6) is 0.857. The molecular weight excluding hydrogens is 386 g/mol. The van der Waals surface area contributed by atoms with E-state index in [-0.39, 0.29) is 11.8 Å². The number of carbonyl (C=O) groups excluding carboxylic acids is 2. The minimum absolute atomic E-state index is 0.169. The number of likely N-dealkylation sites (N-methyl/N-ethyl adjacent to an activating group) is 1. The summed E-state index contributed by atoms with van der Waals surface area (Å²) in [4.78, 5) is 26.8. The number of hydrogen-bond donors (Lipinski definition) is 2. The molecule has 2 aromatic rings. The number of nitrogens with zero attached hydrogens (tertiary/aromatic N) is 1. The van der Waals surface area contributed by atoms with Crippen molar-refractivity contribution in [2.45, 2.75) is 24.5 Å². The molecule has 2 amide bonds. The van der Waals surface area contributed by atoms with Crippen molar-refractivity contribution < 1.29 is 14.3 Å². The normalized spacial score (nSPS) is 11.7. The molecule has 0 fully saturated rings. The number of amides is 2. The largest absolute Gasteiger partial charge is 0.489 e. The summed E-state index contributed by atoms with van der Waals surface area (Å²) in [6, 6.07) is 17.2. The molecule has 0 aliphatic heterocycles. The van der Waals surface area contributed by atoms with Crippen molar-refractivity contribution in [2.75, 3.05) is 32.9 Å². The number of benzene rings is 2. The molecule has 1 atom stereocenters. The maximum absolute atomic E-state index is 12.4. The Hall–Kier alpha value is -2.51. The Balaban J connectivity index is 1.84. The van der Waals surface area contributed by atoms with E-state index in [2.05, 4.69) is 10.6 Å². The van der Waals surface area contributed by atoms with Gasteiger partial charge < -0.3 is 20.3 Å². The standard InChI is InChI=1S/C22H29N3O3S/c1-17(26)24-21(22(27)23-13-14-25(2)3)16-29-20-11-9-19(10-12-20)28-15-18-7-5-4-6-8-18/h4-12,21H,13-16H2,1-3H3,(H,23,27)(H,24,26). The highest BCUT2D eigenvalue weighted by molar-refractivity contribution is 7.99. The number of nitrogens with one attached hydrogen (secondary N) is 2. The molecule has 0 heterocycles. The van der Waals surface area contributed by atoms with Crippen molar-refractivity contribution >= 4 is 23.6 Å². The Kier molecular flexibility index (Phi) is 9.53. The predicted octanol–water partition coefficient (Wildman–Crippen LogP) is 2.54. The van der Waals surface area contributed by atoms with Crippen LogP contribution in [0, 0.1) is 0 Å². The first-order valence-corrected chi connectivity index (χ1v) is 10.5. The average molecular weight is 416 g/mol. The van der Waals surface area contributed by atoms with Crippen molar-refractivity contribution in [2.24, 2.45) is 0 Å². The van der Waals surface area contributed by atoms with Crippen LogP contribution in [0.15, 0.2) is 59.5 Å². The van der Waals surface area contributed by atoms with Gasteiger partial charge in [-0.1, -0.05) is 30.3 Å². The van der Waals surface area contributed by atoms with Crippen LogP contribution in [0.3, 0.4) is 0 Å². The minimum Gasteiger partial charge on any atom is -0.489 e. The van der Waals surface area contributed by atoms with Crippen LogP contribution >= 0.6 is 11.8 Å². The summed E-state index contributed by atoms with van der Waals surface area (Å²) >= 11 is 1.52. The van der Waals surface area contributed by atoms with E-state index >= 15 is 0 Å². The Labute approximate surface area is 177 Å². The fourth-order valence-corrected chi connectivity index (χ4v) is 3.43. The molecule has 0 aliphatic carbocycles. The molecule has 0 aromatic heterocycles. The predicted molar refractivity (Wildman–Crippen MR) is 117 cm³/mol. The van der Waals surface area contributed by atoms with Crippen LogP contribution in [0.1, 0.15) is 12.5 Å². The number of ether oxygens (including phenoxy) is 1. The summed E-state index contributed by atoms with van der Waals surface area (Å²) in [6.07, 6.45) is 0. The van der Waals surface area contributed by atoms with Crippen LogP contribution < -0.4 is 15.4 Å². The summed E-state index contributed by atoms with van der Waals surface area (Å²) in [5, 5.41) is 5.60. The molecule has 2 N–H and O–H groups in total. The topological polar surface area (TPSA) is 70.7 Å². The van der Waals surface area contributed by atoms with E-state index in [9.17, 15) is 9.59 Å². The van der Waals surface area contributed by atoms with Gasteiger partial charge in [-0.25, -0.2) is 0 Å². The van der Waals surface area contributed by atoms with Crippen molar-refractivity contribution in [3.05, 3.63) is 60.2 Å². The first-order chi connectivity index (χ1) is 13.9. The molecule has 2 rings (SSSR count). The van der Waals surface area contributed by atoms with Gasteiger partial charge in [0.2, 0.25) is 11.8 Å². The molecule has 0 spiro atoms. The molecule has 0 saturated heterocycles. The van der Waals surface area contributed by atoms with Crippen LogP contribution in [-0.2, 0) is 16.2 Å². The molecule has 6 nitrogen and oxygen atoms in total. The summed E-state index contributed by atoms with van der Waals surface area (Å²) in [5.41, 5.74) is 1.12. The van der Waals surface area contributed by atoms with Crippen LogP contribution in [0.4, 0.5) is 0 Å². The fraction of sp³-hybridized carbons (Fsp3) is 0.364. The third-order valence-corrected chi connectivity index (χ3v) is 5.15. The van der Waals surface area contributed by atoms with Gasteiger partial charge in [-0.15, -0.1) is 11.8 Å². The van der Waals surface area contributed by atoms with Crippen molar-refractivity contribution in [3.63, 3.8) is 0 Å². The maximum Gasteiger partial charge on any atom is 0.243 e. The molecule has 0 radical (unpaired) electrons. The second-order valence-corrected chi connectivity index (χ2v) is 8.00. The van der Waals surface area contributed by atoms with Crippen LogP contribution in [-0.4, -0.2) is 55.7 Å². The number of rotatable bonds is 11. The van der Waals surface area contributed by atoms with E-state index in [4.69, 9.17) is 4.74 Å². The van der Waals surface area contributed by atoms with Gasteiger partial charge >= 0.3 is 0 Å². The van der Waals surface area contributed by atoms with Crippen LogP contribution in [0.25, 0.3) is 0 Å².